The van der Waals surface area contributed by atoms with Gasteiger partial charge in [-0.05, 0) is 18.6 Å². The lowest BCUT2D eigenvalue weighted by Gasteiger charge is -2.12. The second-order valence-electron chi connectivity index (χ2n) is 5.64. The molecule has 4 aromatic rings. The molecule has 0 fully saturated rings. The van der Waals surface area contributed by atoms with Gasteiger partial charge in [0.15, 0.2) is 17.3 Å². The summed E-state index contributed by atoms with van der Waals surface area (Å²) >= 11 is 0. The second kappa shape index (κ2) is 6.39. The molecule has 0 saturated heterocycles. The Kier molecular flexibility index (Phi) is 3.93. The summed E-state index contributed by atoms with van der Waals surface area (Å²) in [5.74, 6) is 0.0736. The molecule has 4 aromatic heterocycles. The average molecular weight is 337 g/mol. The van der Waals surface area contributed by atoms with Crippen LogP contribution in [0.2, 0.25) is 0 Å². The van der Waals surface area contributed by atoms with E-state index in [2.05, 4.69) is 32.0 Å². The monoisotopic (exact) mass is 337 g/mol. The van der Waals surface area contributed by atoms with Crippen LogP contribution in [-0.4, -0.2) is 34.1 Å². The Morgan fingerprint density at radius 2 is 2.04 bits per heavy atom. The molecule has 0 aliphatic rings. The van der Waals surface area contributed by atoms with E-state index in [9.17, 15) is 4.39 Å². The summed E-state index contributed by atoms with van der Waals surface area (Å²) in [6.07, 6.45) is 9.98. The molecule has 0 N–H and O–H groups in total. The van der Waals surface area contributed by atoms with Crippen molar-refractivity contribution in [3.63, 3.8) is 0 Å². The number of pyridine rings is 1. The van der Waals surface area contributed by atoms with E-state index in [1.54, 1.807) is 30.9 Å². The van der Waals surface area contributed by atoms with E-state index in [-0.39, 0.29) is 5.69 Å². The minimum Gasteiger partial charge on any atom is -0.324 e. The molecular weight excluding hydrogens is 321 g/mol. The lowest BCUT2D eigenvalue weighted by molar-refractivity contribution is 0.620. The fraction of sp³-hybridized carbons (Fsp3) is 0.235. The quantitative estimate of drug-likeness (QED) is 0.559. The third-order valence-corrected chi connectivity index (χ3v) is 3.99. The van der Waals surface area contributed by atoms with Crippen LogP contribution < -0.4 is 0 Å². The SMILES string of the molecule is CCCc1c(Cn2ccnc2-c2ncccc2F)ncc2ncnn12. The summed E-state index contributed by atoms with van der Waals surface area (Å²) in [5, 5.41) is 4.29. The molecule has 0 aromatic carbocycles. The van der Waals surface area contributed by atoms with E-state index in [1.165, 1.54) is 12.4 Å². The van der Waals surface area contributed by atoms with Crippen LogP contribution >= 0.6 is 0 Å². The van der Waals surface area contributed by atoms with Crippen LogP contribution in [0.15, 0.2) is 43.2 Å². The zero-order chi connectivity index (χ0) is 17.2. The summed E-state index contributed by atoms with van der Waals surface area (Å²) in [6.45, 7) is 2.56. The maximum Gasteiger partial charge on any atom is 0.173 e. The van der Waals surface area contributed by atoms with E-state index in [0.29, 0.717) is 18.0 Å². The van der Waals surface area contributed by atoms with Crippen molar-refractivity contribution in [2.75, 3.05) is 0 Å². The number of fused-ring (bicyclic) bond motifs is 1. The number of halogens is 1. The predicted octanol–water partition coefficient (Wildman–Crippen LogP) is 2.52. The molecule has 0 atom stereocenters. The molecule has 4 heterocycles. The molecule has 4 rings (SSSR count). The van der Waals surface area contributed by atoms with Crippen molar-refractivity contribution in [2.24, 2.45) is 0 Å². The molecule has 0 saturated carbocycles. The Morgan fingerprint density at radius 3 is 2.88 bits per heavy atom. The number of hydrogen-bond acceptors (Lipinski definition) is 5. The highest BCUT2D eigenvalue weighted by molar-refractivity contribution is 5.50. The number of imidazole rings is 1. The summed E-state index contributed by atoms with van der Waals surface area (Å²) in [4.78, 5) is 17.1. The normalized spacial score (nSPS) is 11.3. The fourth-order valence-corrected chi connectivity index (χ4v) is 2.86. The Balaban J connectivity index is 1.77. The Hall–Kier alpha value is -3.16. The first-order chi connectivity index (χ1) is 12.3. The lowest BCUT2D eigenvalue weighted by atomic mass is 10.2. The van der Waals surface area contributed by atoms with Gasteiger partial charge in [-0.25, -0.2) is 23.9 Å². The molecule has 0 spiro atoms. The number of aromatic nitrogens is 7. The van der Waals surface area contributed by atoms with Crippen molar-refractivity contribution < 1.29 is 4.39 Å². The van der Waals surface area contributed by atoms with E-state index in [1.807, 2.05) is 9.08 Å². The molecule has 0 radical (unpaired) electrons. The molecular formula is C17H16FN7. The Morgan fingerprint density at radius 1 is 1.12 bits per heavy atom. The third kappa shape index (κ3) is 2.75. The van der Waals surface area contributed by atoms with Crippen molar-refractivity contribution in [2.45, 2.75) is 26.3 Å². The van der Waals surface area contributed by atoms with E-state index >= 15 is 0 Å². The van der Waals surface area contributed by atoms with Crippen LogP contribution in [-0.2, 0) is 13.0 Å². The van der Waals surface area contributed by atoms with Crippen LogP contribution in [0.1, 0.15) is 24.7 Å². The topological polar surface area (TPSA) is 73.8 Å². The van der Waals surface area contributed by atoms with Gasteiger partial charge in [-0.2, -0.15) is 5.10 Å². The molecule has 0 bridgehead atoms. The largest absolute Gasteiger partial charge is 0.324 e. The van der Waals surface area contributed by atoms with E-state index < -0.39 is 5.82 Å². The zero-order valence-electron chi connectivity index (χ0n) is 13.7. The number of rotatable bonds is 5. The standard InChI is InChI=1S/C17H16FN7/c1-2-4-14-13(21-9-15-22-11-23-25(14)15)10-24-8-7-20-17(24)16-12(18)5-3-6-19-16/h3,5-9,11H,2,4,10H2,1H3. The third-order valence-electron chi connectivity index (χ3n) is 3.99. The van der Waals surface area contributed by atoms with E-state index in [0.717, 1.165) is 24.2 Å². The zero-order valence-corrected chi connectivity index (χ0v) is 13.7. The van der Waals surface area contributed by atoms with Crippen LogP contribution in [0.5, 0.6) is 0 Å². The Bertz CT molecular complexity index is 1020. The van der Waals surface area contributed by atoms with Gasteiger partial charge in [0.05, 0.1) is 24.1 Å². The second-order valence-corrected chi connectivity index (χ2v) is 5.64. The van der Waals surface area contributed by atoms with Crippen LogP contribution in [0.3, 0.4) is 0 Å². The maximum absolute atomic E-state index is 14.1. The highest BCUT2D eigenvalue weighted by Gasteiger charge is 2.16. The first-order valence-corrected chi connectivity index (χ1v) is 8.06. The summed E-state index contributed by atoms with van der Waals surface area (Å²) in [5.41, 5.74) is 2.80. The van der Waals surface area contributed by atoms with Gasteiger partial charge >= 0.3 is 0 Å². The molecule has 25 heavy (non-hydrogen) atoms. The highest BCUT2D eigenvalue weighted by Crippen LogP contribution is 2.20. The van der Waals surface area contributed by atoms with Crippen LogP contribution in [0.25, 0.3) is 17.2 Å². The van der Waals surface area contributed by atoms with Gasteiger partial charge in [0.1, 0.15) is 12.0 Å². The first kappa shape index (κ1) is 15.4. The Labute approximate surface area is 143 Å². The van der Waals surface area contributed by atoms with Gasteiger partial charge in [0.2, 0.25) is 0 Å². The predicted molar refractivity (Wildman–Crippen MR) is 89.3 cm³/mol. The fourth-order valence-electron chi connectivity index (χ4n) is 2.86. The van der Waals surface area contributed by atoms with Gasteiger partial charge in [-0.3, -0.25) is 4.98 Å². The van der Waals surface area contributed by atoms with Crippen molar-refractivity contribution >= 4 is 5.65 Å². The van der Waals surface area contributed by atoms with E-state index in [4.69, 9.17) is 0 Å². The van der Waals surface area contributed by atoms with Crippen molar-refractivity contribution in [3.05, 3.63) is 60.5 Å². The van der Waals surface area contributed by atoms with Crippen LogP contribution in [0.4, 0.5) is 4.39 Å². The molecule has 0 amide bonds. The van der Waals surface area contributed by atoms with Gasteiger partial charge in [-0.1, -0.05) is 13.3 Å². The van der Waals surface area contributed by atoms with Crippen molar-refractivity contribution in [1.29, 1.82) is 0 Å². The molecule has 7 nitrogen and oxygen atoms in total. The average Bonchev–Trinajstić information content (AvgIpc) is 3.27. The molecule has 0 unspecified atom stereocenters. The number of aryl methyl sites for hydroxylation is 1. The van der Waals surface area contributed by atoms with Crippen molar-refractivity contribution in [3.8, 4) is 11.5 Å². The van der Waals surface area contributed by atoms with Crippen molar-refractivity contribution in [1.82, 2.24) is 34.1 Å². The lowest BCUT2D eigenvalue weighted by Crippen LogP contribution is -2.11. The number of nitrogens with zero attached hydrogens (tertiary/aromatic N) is 7. The van der Waals surface area contributed by atoms with Gasteiger partial charge < -0.3 is 4.57 Å². The first-order valence-electron chi connectivity index (χ1n) is 8.06. The molecule has 0 aliphatic heterocycles. The minimum absolute atomic E-state index is 0.228. The summed E-state index contributed by atoms with van der Waals surface area (Å²) < 4.78 is 17.7. The summed E-state index contributed by atoms with van der Waals surface area (Å²) in [6, 6.07) is 2.94. The molecule has 8 heteroatoms. The van der Waals surface area contributed by atoms with Gasteiger partial charge in [0.25, 0.3) is 0 Å². The minimum atomic E-state index is -0.400. The van der Waals surface area contributed by atoms with Crippen LogP contribution in [0, 0.1) is 5.82 Å². The van der Waals surface area contributed by atoms with Gasteiger partial charge in [0, 0.05) is 18.6 Å². The van der Waals surface area contributed by atoms with Gasteiger partial charge in [-0.15, -0.1) is 0 Å². The number of hydrogen-bond donors (Lipinski definition) is 0. The molecule has 0 aliphatic carbocycles. The molecule has 126 valence electrons. The smallest absolute Gasteiger partial charge is 0.173 e. The summed E-state index contributed by atoms with van der Waals surface area (Å²) in [7, 11) is 0. The highest BCUT2D eigenvalue weighted by atomic mass is 19.1. The maximum atomic E-state index is 14.1.